The maximum absolute atomic E-state index is 11.9. The molecule has 0 aliphatic carbocycles. The minimum atomic E-state index is -0.356. The highest BCUT2D eigenvalue weighted by Crippen LogP contribution is 2.32. The van der Waals surface area contributed by atoms with Crippen LogP contribution in [0.2, 0.25) is 0 Å². The monoisotopic (exact) mass is 323 g/mol. The Labute approximate surface area is 139 Å². The molecule has 0 bridgehead atoms. The first kappa shape index (κ1) is 15.0. The summed E-state index contributed by atoms with van der Waals surface area (Å²) in [5, 5.41) is 0. The summed E-state index contributed by atoms with van der Waals surface area (Å²) in [6.45, 7) is 1.10. The molecule has 24 heavy (non-hydrogen) atoms. The number of aromatic nitrogens is 2. The summed E-state index contributed by atoms with van der Waals surface area (Å²) >= 11 is 0. The smallest absolute Gasteiger partial charge is 0.310 e. The van der Waals surface area contributed by atoms with E-state index in [4.69, 9.17) is 14.5 Å². The van der Waals surface area contributed by atoms with Crippen molar-refractivity contribution in [3.8, 4) is 0 Å². The summed E-state index contributed by atoms with van der Waals surface area (Å²) in [6, 6.07) is 5.91. The van der Waals surface area contributed by atoms with Crippen molar-refractivity contribution in [2.45, 2.75) is 25.5 Å². The van der Waals surface area contributed by atoms with Gasteiger partial charge in [-0.05, 0) is 23.8 Å². The molecular weight excluding hydrogens is 306 g/mol. The molecule has 4 rings (SSSR count). The zero-order valence-electron chi connectivity index (χ0n) is 13.4. The van der Waals surface area contributed by atoms with Crippen molar-refractivity contribution in [2.24, 2.45) is 4.99 Å². The second-order valence-electron chi connectivity index (χ2n) is 5.88. The van der Waals surface area contributed by atoms with Crippen molar-refractivity contribution in [1.29, 1.82) is 0 Å². The fraction of sp³-hybridized carbons (Fsp3) is 0.333. The van der Waals surface area contributed by atoms with Gasteiger partial charge < -0.3 is 9.47 Å². The number of nitrogens with zero attached hydrogens (tertiary/aromatic N) is 3. The van der Waals surface area contributed by atoms with Gasteiger partial charge in [0.1, 0.15) is 6.10 Å². The first-order chi connectivity index (χ1) is 11.8. The van der Waals surface area contributed by atoms with E-state index in [1.54, 1.807) is 19.5 Å². The fourth-order valence-corrected chi connectivity index (χ4v) is 3.17. The Hall–Kier alpha value is -2.60. The third-order valence-electron chi connectivity index (χ3n) is 4.30. The number of hydrogen-bond acceptors (Lipinski definition) is 6. The van der Waals surface area contributed by atoms with Crippen LogP contribution in [0.5, 0.6) is 0 Å². The third-order valence-corrected chi connectivity index (χ3v) is 4.30. The molecule has 0 N–H and O–H groups in total. The first-order valence-corrected chi connectivity index (χ1v) is 7.92. The molecule has 0 spiro atoms. The van der Waals surface area contributed by atoms with Gasteiger partial charge in [-0.3, -0.25) is 14.8 Å². The summed E-state index contributed by atoms with van der Waals surface area (Å²) in [6.07, 6.45) is 4.01. The van der Waals surface area contributed by atoms with Crippen LogP contribution in [0.4, 0.5) is 0 Å². The normalized spacial score (nSPS) is 18.6. The minimum absolute atomic E-state index is 0.210. The van der Waals surface area contributed by atoms with Gasteiger partial charge in [0.15, 0.2) is 0 Å². The summed E-state index contributed by atoms with van der Waals surface area (Å²) in [7, 11) is 1.63. The number of ether oxygens (including phenoxy) is 2. The van der Waals surface area contributed by atoms with Crippen LogP contribution in [0.1, 0.15) is 40.6 Å². The lowest BCUT2D eigenvalue weighted by molar-refractivity contribution is -0.151. The Morgan fingerprint density at radius 3 is 2.92 bits per heavy atom. The second kappa shape index (κ2) is 6.13. The Bertz CT molecular complexity index is 818. The van der Waals surface area contributed by atoms with Gasteiger partial charge in [-0.1, -0.05) is 0 Å². The molecule has 0 amide bonds. The van der Waals surface area contributed by atoms with Gasteiger partial charge >= 0.3 is 5.97 Å². The van der Waals surface area contributed by atoms with Gasteiger partial charge in [0.05, 0.1) is 36.7 Å². The van der Waals surface area contributed by atoms with Crippen LogP contribution in [0.25, 0.3) is 0 Å². The van der Waals surface area contributed by atoms with E-state index in [1.807, 2.05) is 12.1 Å². The number of esters is 1. The van der Waals surface area contributed by atoms with Crippen molar-refractivity contribution < 1.29 is 14.3 Å². The Kier molecular flexibility index (Phi) is 3.82. The van der Waals surface area contributed by atoms with E-state index in [1.165, 1.54) is 0 Å². The molecule has 2 aromatic rings. The van der Waals surface area contributed by atoms with E-state index in [0.29, 0.717) is 19.6 Å². The summed E-state index contributed by atoms with van der Waals surface area (Å²) in [4.78, 5) is 25.4. The maximum atomic E-state index is 11.9. The molecule has 1 unspecified atom stereocenters. The largest absolute Gasteiger partial charge is 0.455 e. The van der Waals surface area contributed by atoms with E-state index in [-0.39, 0.29) is 18.5 Å². The van der Waals surface area contributed by atoms with Crippen molar-refractivity contribution >= 4 is 11.7 Å². The highest BCUT2D eigenvalue weighted by Gasteiger charge is 2.31. The van der Waals surface area contributed by atoms with Crippen LogP contribution >= 0.6 is 0 Å². The predicted octanol–water partition coefficient (Wildman–Crippen LogP) is 2.00. The number of carbonyl (C=O) groups is 1. The van der Waals surface area contributed by atoms with Crippen LogP contribution in [0.15, 0.2) is 35.6 Å². The number of cyclic esters (lactones) is 1. The van der Waals surface area contributed by atoms with Gasteiger partial charge in [0.25, 0.3) is 0 Å². The summed E-state index contributed by atoms with van der Waals surface area (Å²) < 4.78 is 10.6. The molecule has 0 saturated heterocycles. The molecule has 0 saturated carbocycles. The lowest BCUT2D eigenvalue weighted by atomic mass is 9.97. The topological polar surface area (TPSA) is 73.7 Å². The number of pyridine rings is 2. The van der Waals surface area contributed by atoms with E-state index in [0.717, 1.165) is 33.8 Å². The maximum Gasteiger partial charge on any atom is 0.310 e. The number of rotatable bonds is 4. The standard InChI is InChI=1S/C18H17N3O3/c1-23-7-4-14-16-12(9-15(22)24-14)8-13-10-20-17(18(13)21-16)11-2-5-19-6-3-11/h2-3,5-6,8,14H,4,7,9-10H2,1H3. The van der Waals surface area contributed by atoms with Gasteiger partial charge in [-0.2, -0.15) is 0 Å². The summed E-state index contributed by atoms with van der Waals surface area (Å²) in [5.41, 5.74) is 5.57. The molecule has 1 atom stereocenters. The zero-order chi connectivity index (χ0) is 16.5. The van der Waals surface area contributed by atoms with Crippen LogP contribution < -0.4 is 0 Å². The van der Waals surface area contributed by atoms with Crippen LogP contribution in [0.3, 0.4) is 0 Å². The molecule has 4 heterocycles. The lowest BCUT2D eigenvalue weighted by Crippen LogP contribution is -2.25. The lowest BCUT2D eigenvalue weighted by Gasteiger charge is -2.25. The van der Waals surface area contributed by atoms with Gasteiger partial charge in [-0.15, -0.1) is 0 Å². The molecular formula is C18H17N3O3. The summed E-state index contributed by atoms with van der Waals surface area (Å²) in [5.74, 6) is -0.210. The molecule has 6 nitrogen and oxygen atoms in total. The van der Waals surface area contributed by atoms with Crippen LogP contribution in [-0.2, 0) is 27.2 Å². The van der Waals surface area contributed by atoms with E-state index < -0.39 is 0 Å². The van der Waals surface area contributed by atoms with E-state index in [2.05, 4.69) is 16.0 Å². The highest BCUT2D eigenvalue weighted by molar-refractivity contribution is 6.13. The average Bonchev–Trinajstić information content (AvgIpc) is 3.01. The van der Waals surface area contributed by atoms with Crippen LogP contribution in [-0.4, -0.2) is 35.4 Å². The van der Waals surface area contributed by atoms with Crippen molar-refractivity contribution in [3.63, 3.8) is 0 Å². The Balaban J connectivity index is 1.75. The quantitative estimate of drug-likeness (QED) is 0.805. The second-order valence-corrected chi connectivity index (χ2v) is 5.88. The SMILES string of the molecule is COCCC1OC(=O)Cc2cc3c(nc21)C(c1ccncc1)=NC3. The van der Waals surface area contributed by atoms with Crippen molar-refractivity contribution in [2.75, 3.05) is 13.7 Å². The van der Waals surface area contributed by atoms with Crippen molar-refractivity contribution in [3.05, 3.63) is 58.7 Å². The molecule has 0 aromatic carbocycles. The van der Waals surface area contributed by atoms with E-state index in [9.17, 15) is 4.79 Å². The molecule has 2 aromatic heterocycles. The molecule has 0 radical (unpaired) electrons. The van der Waals surface area contributed by atoms with Crippen molar-refractivity contribution in [1.82, 2.24) is 9.97 Å². The van der Waals surface area contributed by atoms with Crippen LogP contribution in [0, 0.1) is 0 Å². The van der Waals surface area contributed by atoms with E-state index >= 15 is 0 Å². The number of methoxy groups -OCH3 is 1. The molecule has 0 fully saturated rings. The number of hydrogen-bond donors (Lipinski definition) is 0. The van der Waals surface area contributed by atoms with Gasteiger partial charge in [-0.25, -0.2) is 4.98 Å². The third kappa shape index (κ3) is 2.59. The Morgan fingerprint density at radius 2 is 2.12 bits per heavy atom. The average molecular weight is 323 g/mol. The van der Waals surface area contributed by atoms with Gasteiger partial charge in [0.2, 0.25) is 0 Å². The number of aliphatic imine (C=N–C) groups is 1. The minimum Gasteiger partial charge on any atom is -0.455 e. The highest BCUT2D eigenvalue weighted by atomic mass is 16.5. The predicted molar refractivity (Wildman–Crippen MR) is 86.8 cm³/mol. The Morgan fingerprint density at radius 1 is 1.29 bits per heavy atom. The number of carbonyl (C=O) groups excluding carboxylic acids is 1. The zero-order valence-corrected chi connectivity index (χ0v) is 13.4. The fourth-order valence-electron chi connectivity index (χ4n) is 3.17. The molecule has 2 aliphatic rings. The van der Waals surface area contributed by atoms with Gasteiger partial charge in [0, 0.05) is 37.1 Å². The molecule has 122 valence electrons. The first-order valence-electron chi connectivity index (χ1n) is 7.92. The number of fused-ring (bicyclic) bond motifs is 2. The molecule has 2 aliphatic heterocycles. The molecule has 6 heteroatoms.